The van der Waals surface area contributed by atoms with Crippen LogP contribution < -0.4 is 10.1 Å². The van der Waals surface area contributed by atoms with Gasteiger partial charge in [0.25, 0.3) is 11.8 Å². The number of carbonyl (C=O) groups excluding carboxylic acids is 2. The number of hydrogen-bond acceptors (Lipinski definition) is 5. The van der Waals surface area contributed by atoms with E-state index in [4.69, 9.17) is 4.74 Å². The van der Waals surface area contributed by atoms with Crippen molar-refractivity contribution >= 4 is 17.9 Å². The van der Waals surface area contributed by atoms with Gasteiger partial charge in [-0.25, -0.2) is 4.79 Å². The average Bonchev–Trinajstić information content (AvgIpc) is 2.97. The number of amides is 3. The summed E-state index contributed by atoms with van der Waals surface area (Å²) in [5.74, 6) is -0.274. The SMILES string of the molecule is CCOc1cc2c(cc1C(=O)NC[C@@H](O)C1Cc3ccccc3CN1C(=O)O)CCN(Cc1ccccc1)C2=O. The Balaban J connectivity index is 1.30. The van der Waals surface area contributed by atoms with E-state index in [1.54, 1.807) is 24.0 Å². The minimum absolute atomic E-state index is 0.111. The van der Waals surface area contributed by atoms with Crippen LogP contribution in [-0.2, 0) is 25.9 Å². The monoisotopic (exact) mass is 543 g/mol. The van der Waals surface area contributed by atoms with E-state index in [-0.39, 0.29) is 24.6 Å². The third-order valence-electron chi connectivity index (χ3n) is 7.58. The van der Waals surface area contributed by atoms with Gasteiger partial charge in [0.2, 0.25) is 0 Å². The zero-order chi connectivity index (χ0) is 28.2. The third kappa shape index (κ3) is 5.65. The van der Waals surface area contributed by atoms with Gasteiger partial charge >= 0.3 is 6.09 Å². The van der Waals surface area contributed by atoms with Gasteiger partial charge in [-0.1, -0.05) is 54.6 Å². The first kappa shape index (κ1) is 27.2. The van der Waals surface area contributed by atoms with Gasteiger partial charge in [-0.15, -0.1) is 0 Å². The minimum atomic E-state index is -1.12. The van der Waals surface area contributed by atoms with Crippen molar-refractivity contribution in [3.8, 4) is 5.75 Å². The molecule has 2 atom stereocenters. The highest BCUT2D eigenvalue weighted by Gasteiger charge is 2.35. The van der Waals surface area contributed by atoms with Gasteiger partial charge in [0.15, 0.2) is 0 Å². The maximum atomic E-state index is 13.3. The van der Waals surface area contributed by atoms with Crippen molar-refractivity contribution in [3.63, 3.8) is 0 Å². The van der Waals surface area contributed by atoms with Crippen LogP contribution in [0.1, 0.15) is 49.9 Å². The number of hydrogen-bond donors (Lipinski definition) is 3. The van der Waals surface area contributed by atoms with Crippen LogP contribution in [-0.4, -0.2) is 69.8 Å². The topological polar surface area (TPSA) is 119 Å². The van der Waals surface area contributed by atoms with Crippen molar-refractivity contribution in [2.24, 2.45) is 0 Å². The van der Waals surface area contributed by atoms with Gasteiger partial charge in [0, 0.05) is 31.7 Å². The Morgan fingerprint density at radius 3 is 2.50 bits per heavy atom. The maximum Gasteiger partial charge on any atom is 0.407 e. The Morgan fingerprint density at radius 1 is 1.05 bits per heavy atom. The number of nitrogens with zero attached hydrogens (tertiary/aromatic N) is 2. The highest BCUT2D eigenvalue weighted by atomic mass is 16.5. The smallest absolute Gasteiger partial charge is 0.407 e. The fourth-order valence-corrected chi connectivity index (χ4v) is 5.49. The molecule has 2 aliphatic heterocycles. The number of nitrogens with one attached hydrogen (secondary N) is 1. The van der Waals surface area contributed by atoms with Crippen molar-refractivity contribution in [2.45, 2.75) is 45.0 Å². The third-order valence-corrected chi connectivity index (χ3v) is 7.58. The van der Waals surface area contributed by atoms with Gasteiger partial charge in [-0.2, -0.15) is 0 Å². The molecular weight excluding hydrogens is 510 g/mol. The molecule has 5 rings (SSSR count). The molecule has 3 aromatic rings. The largest absolute Gasteiger partial charge is 0.493 e. The number of fused-ring (bicyclic) bond motifs is 2. The molecule has 3 amide bonds. The molecule has 40 heavy (non-hydrogen) atoms. The molecule has 9 heteroatoms. The summed E-state index contributed by atoms with van der Waals surface area (Å²) in [4.78, 5) is 41.5. The summed E-state index contributed by atoms with van der Waals surface area (Å²) in [6, 6.07) is 20.0. The summed E-state index contributed by atoms with van der Waals surface area (Å²) in [6.45, 7) is 3.18. The lowest BCUT2D eigenvalue weighted by Crippen LogP contribution is -2.53. The fraction of sp³-hybridized carbons (Fsp3) is 0.323. The van der Waals surface area contributed by atoms with Crippen LogP contribution in [0.3, 0.4) is 0 Å². The highest BCUT2D eigenvalue weighted by molar-refractivity contribution is 6.02. The number of ether oxygens (including phenoxy) is 1. The number of aliphatic hydroxyl groups is 1. The fourth-order valence-electron chi connectivity index (χ4n) is 5.49. The zero-order valence-corrected chi connectivity index (χ0v) is 22.4. The summed E-state index contributed by atoms with van der Waals surface area (Å²) >= 11 is 0. The summed E-state index contributed by atoms with van der Waals surface area (Å²) < 4.78 is 5.76. The molecular formula is C31H33N3O6. The second-order valence-corrected chi connectivity index (χ2v) is 10.1. The maximum absolute atomic E-state index is 13.3. The normalized spacial score (nSPS) is 17.1. The van der Waals surface area contributed by atoms with E-state index >= 15 is 0 Å². The van der Waals surface area contributed by atoms with Crippen molar-refractivity contribution in [3.05, 3.63) is 100 Å². The summed E-state index contributed by atoms with van der Waals surface area (Å²) in [6.07, 6.45) is -1.29. The molecule has 0 aromatic heterocycles. The molecule has 0 saturated carbocycles. The van der Waals surface area contributed by atoms with E-state index < -0.39 is 24.1 Å². The molecule has 1 unspecified atom stereocenters. The Labute approximate surface area is 233 Å². The van der Waals surface area contributed by atoms with Crippen molar-refractivity contribution in [1.82, 2.24) is 15.1 Å². The lowest BCUT2D eigenvalue weighted by atomic mass is 9.91. The second kappa shape index (κ2) is 11.8. The van der Waals surface area contributed by atoms with E-state index in [1.165, 1.54) is 4.90 Å². The van der Waals surface area contributed by atoms with E-state index in [1.807, 2.05) is 54.6 Å². The number of rotatable bonds is 8. The molecule has 3 aromatic carbocycles. The van der Waals surface area contributed by atoms with Crippen molar-refractivity contribution in [2.75, 3.05) is 19.7 Å². The van der Waals surface area contributed by atoms with Gasteiger partial charge in [0.05, 0.1) is 24.3 Å². The van der Waals surface area contributed by atoms with Gasteiger partial charge in [-0.05, 0) is 54.2 Å². The van der Waals surface area contributed by atoms with Crippen LogP contribution in [0.4, 0.5) is 4.79 Å². The van der Waals surface area contributed by atoms with E-state index in [0.717, 1.165) is 22.3 Å². The molecule has 2 heterocycles. The molecule has 0 aliphatic carbocycles. The molecule has 3 N–H and O–H groups in total. The van der Waals surface area contributed by atoms with Gasteiger partial charge < -0.3 is 25.2 Å². The molecule has 9 nitrogen and oxygen atoms in total. The molecule has 208 valence electrons. The number of carbonyl (C=O) groups is 3. The van der Waals surface area contributed by atoms with Crippen LogP contribution in [0.15, 0.2) is 66.7 Å². The van der Waals surface area contributed by atoms with Crippen molar-refractivity contribution in [1.29, 1.82) is 0 Å². The average molecular weight is 544 g/mol. The number of aliphatic hydroxyl groups excluding tert-OH is 1. The highest BCUT2D eigenvalue weighted by Crippen LogP contribution is 2.30. The first-order valence-electron chi connectivity index (χ1n) is 13.5. The molecule has 0 radical (unpaired) electrons. The summed E-state index contributed by atoms with van der Waals surface area (Å²) in [5.41, 5.74) is 4.49. The quantitative estimate of drug-likeness (QED) is 0.400. The standard InChI is InChI=1S/C31H33N3O6/c1-2-40-28-16-24-22(12-13-33(30(24)37)18-20-8-4-3-5-9-20)14-25(28)29(36)32-17-27(35)26-15-21-10-6-7-11-23(21)19-34(26)31(38)39/h3-11,14,16,26-27,35H,2,12-13,15,17-19H2,1H3,(H,32,36)(H,38,39)/t26?,27-/m1/s1. The van der Waals surface area contributed by atoms with E-state index in [2.05, 4.69) is 5.32 Å². The van der Waals surface area contributed by atoms with E-state index in [9.17, 15) is 24.6 Å². The predicted molar refractivity (Wildman–Crippen MR) is 148 cm³/mol. The first-order chi connectivity index (χ1) is 19.4. The van der Waals surface area contributed by atoms with Crippen molar-refractivity contribution < 1.29 is 29.3 Å². The lowest BCUT2D eigenvalue weighted by Gasteiger charge is -2.37. The summed E-state index contributed by atoms with van der Waals surface area (Å²) in [7, 11) is 0. The number of carboxylic acid groups (broad SMARTS) is 1. The Hall–Kier alpha value is -4.37. The van der Waals surface area contributed by atoms with E-state index in [0.29, 0.717) is 43.9 Å². The molecule has 2 aliphatic rings. The van der Waals surface area contributed by atoms with Gasteiger partial charge in [-0.3, -0.25) is 14.5 Å². The second-order valence-electron chi connectivity index (χ2n) is 10.1. The predicted octanol–water partition coefficient (Wildman–Crippen LogP) is 3.48. The van der Waals surface area contributed by atoms with Crippen LogP contribution >= 0.6 is 0 Å². The molecule has 0 bridgehead atoms. The molecule has 0 spiro atoms. The molecule has 0 saturated heterocycles. The molecule has 0 fully saturated rings. The van der Waals surface area contributed by atoms with Crippen LogP contribution in [0.25, 0.3) is 0 Å². The Kier molecular flexibility index (Phi) is 8.02. The minimum Gasteiger partial charge on any atom is -0.493 e. The van der Waals surface area contributed by atoms with Crippen LogP contribution in [0, 0.1) is 0 Å². The zero-order valence-electron chi connectivity index (χ0n) is 22.4. The Bertz CT molecular complexity index is 1410. The first-order valence-corrected chi connectivity index (χ1v) is 13.5. The van der Waals surface area contributed by atoms with Gasteiger partial charge in [0.1, 0.15) is 5.75 Å². The van der Waals surface area contributed by atoms with Crippen LogP contribution in [0.2, 0.25) is 0 Å². The Morgan fingerprint density at radius 2 is 1.77 bits per heavy atom. The number of benzene rings is 3. The van der Waals surface area contributed by atoms with Crippen LogP contribution in [0.5, 0.6) is 5.75 Å². The lowest BCUT2D eigenvalue weighted by molar-refractivity contribution is 0.0382. The summed E-state index contributed by atoms with van der Waals surface area (Å²) in [5, 5.41) is 23.5.